The number of halogens is 2. The van der Waals surface area contributed by atoms with Crippen molar-refractivity contribution in [1.29, 1.82) is 0 Å². The van der Waals surface area contributed by atoms with Crippen molar-refractivity contribution < 1.29 is 17.6 Å². The first-order chi connectivity index (χ1) is 9.29. The molecule has 0 spiro atoms. The Hall–Kier alpha value is -1.54. The van der Waals surface area contributed by atoms with E-state index >= 15 is 0 Å². The van der Waals surface area contributed by atoms with Gasteiger partial charge in [-0.15, -0.1) is 0 Å². The van der Waals surface area contributed by atoms with Crippen LogP contribution in [0.15, 0.2) is 39.8 Å². The molecule has 0 saturated heterocycles. The van der Waals surface area contributed by atoms with Gasteiger partial charge in [0.1, 0.15) is 0 Å². The molecule has 9 heteroatoms. The summed E-state index contributed by atoms with van der Waals surface area (Å²) in [6, 6.07) is 6.97. The Balaban J connectivity index is 2.25. The number of benzene rings is 1. The van der Waals surface area contributed by atoms with Crippen molar-refractivity contribution >= 4 is 44.8 Å². The first-order valence-electron chi connectivity index (χ1n) is 5.17. The van der Waals surface area contributed by atoms with E-state index in [1.54, 1.807) is 12.1 Å². The number of sulfonamides is 1. The highest BCUT2D eigenvalue weighted by Gasteiger charge is 2.18. The number of amides is 1. The van der Waals surface area contributed by atoms with Crippen molar-refractivity contribution in [2.24, 2.45) is 5.14 Å². The molecular formula is C11H8Cl2N2O4S. The normalized spacial score (nSPS) is 11.3. The zero-order chi connectivity index (χ0) is 14.9. The summed E-state index contributed by atoms with van der Waals surface area (Å²) in [7, 11) is -4.00. The summed E-state index contributed by atoms with van der Waals surface area (Å²) >= 11 is 11.7. The molecule has 6 nitrogen and oxygen atoms in total. The van der Waals surface area contributed by atoms with Crippen molar-refractivity contribution in [1.82, 2.24) is 0 Å². The minimum atomic E-state index is -4.00. The molecule has 1 amide bonds. The van der Waals surface area contributed by atoms with Crippen molar-refractivity contribution in [2.45, 2.75) is 5.09 Å². The fourth-order valence-corrected chi connectivity index (χ4v) is 2.19. The Bertz CT molecular complexity index is 770. The Kier molecular flexibility index (Phi) is 4.05. The van der Waals surface area contributed by atoms with Gasteiger partial charge in [-0.05, 0) is 24.3 Å². The number of carbonyl (C=O) groups excluding carboxylic acids is 1. The zero-order valence-electron chi connectivity index (χ0n) is 9.76. The van der Waals surface area contributed by atoms with E-state index in [1.807, 2.05) is 0 Å². The predicted octanol–water partition coefficient (Wildman–Crippen LogP) is 2.49. The maximum absolute atomic E-state index is 11.9. The Morgan fingerprint density at radius 2 is 1.90 bits per heavy atom. The van der Waals surface area contributed by atoms with Gasteiger partial charge in [0.15, 0.2) is 5.76 Å². The van der Waals surface area contributed by atoms with Gasteiger partial charge < -0.3 is 9.73 Å². The fourth-order valence-electron chi connectivity index (χ4n) is 1.38. The summed E-state index contributed by atoms with van der Waals surface area (Å²) in [5.41, 5.74) is 0.276. The van der Waals surface area contributed by atoms with E-state index < -0.39 is 21.0 Å². The van der Waals surface area contributed by atoms with Crippen LogP contribution < -0.4 is 10.5 Å². The van der Waals surface area contributed by atoms with Crippen LogP contribution in [0.25, 0.3) is 0 Å². The molecule has 1 aromatic carbocycles. The lowest BCUT2D eigenvalue weighted by Crippen LogP contribution is -2.13. The standard InChI is InChI=1S/C11H8Cl2N2O4S/c12-6-2-1-3-7(10(6)13)15-11(16)8-4-5-9(19-8)20(14,17)18/h1-5H,(H,15,16)(H2,14,17,18). The van der Waals surface area contributed by atoms with Crippen molar-refractivity contribution in [2.75, 3.05) is 5.32 Å². The minimum Gasteiger partial charge on any atom is -0.438 e. The van der Waals surface area contributed by atoms with Crippen LogP contribution in [0.5, 0.6) is 0 Å². The molecule has 0 aliphatic rings. The zero-order valence-corrected chi connectivity index (χ0v) is 12.1. The summed E-state index contributed by atoms with van der Waals surface area (Å²) < 4.78 is 26.9. The largest absolute Gasteiger partial charge is 0.438 e. The molecule has 0 unspecified atom stereocenters. The van der Waals surface area contributed by atoms with Gasteiger partial charge in [-0.25, -0.2) is 13.6 Å². The molecule has 0 atom stereocenters. The van der Waals surface area contributed by atoms with Crippen LogP contribution in [0, 0.1) is 0 Å². The second kappa shape index (κ2) is 5.45. The fraction of sp³-hybridized carbons (Fsp3) is 0. The van der Waals surface area contributed by atoms with E-state index in [-0.39, 0.29) is 21.5 Å². The molecule has 0 saturated carbocycles. The van der Waals surface area contributed by atoms with Crippen LogP contribution >= 0.6 is 23.2 Å². The highest BCUT2D eigenvalue weighted by Crippen LogP contribution is 2.29. The van der Waals surface area contributed by atoms with Gasteiger partial charge in [0.2, 0.25) is 5.09 Å². The summed E-state index contributed by atoms with van der Waals surface area (Å²) in [4.78, 5) is 11.9. The van der Waals surface area contributed by atoms with E-state index in [4.69, 9.17) is 32.8 Å². The number of nitrogens with one attached hydrogen (secondary N) is 1. The highest BCUT2D eigenvalue weighted by molar-refractivity contribution is 7.89. The molecule has 2 rings (SSSR count). The van der Waals surface area contributed by atoms with Gasteiger partial charge in [0.05, 0.1) is 15.7 Å². The molecule has 2 aromatic rings. The molecule has 0 bridgehead atoms. The summed E-state index contributed by atoms with van der Waals surface area (Å²) in [6.07, 6.45) is 0. The van der Waals surface area contributed by atoms with E-state index in [1.165, 1.54) is 12.1 Å². The third-order valence-corrected chi connectivity index (χ3v) is 3.88. The van der Waals surface area contributed by atoms with Gasteiger partial charge in [-0.1, -0.05) is 29.3 Å². The van der Waals surface area contributed by atoms with Gasteiger partial charge in [-0.3, -0.25) is 4.79 Å². The van der Waals surface area contributed by atoms with Crippen LogP contribution in [0.1, 0.15) is 10.6 Å². The first-order valence-corrected chi connectivity index (χ1v) is 7.47. The summed E-state index contributed by atoms with van der Waals surface area (Å²) in [5.74, 6) is -0.894. The minimum absolute atomic E-state index is 0.167. The molecular weight excluding hydrogens is 327 g/mol. The van der Waals surface area contributed by atoms with Gasteiger partial charge in [0, 0.05) is 0 Å². The van der Waals surface area contributed by atoms with Gasteiger partial charge >= 0.3 is 0 Å². The molecule has 1 aromatic heterocycles. The van der Waals surface area contributed by atoms with E-state index in [0.29, 0.717) is 0 Å². The van der Waals surface area contributed by atoms with Crippen LogP contribution in [0.2, 0.25) is 10.0 Å². The number of primary sulfonamides is 1. The first kappa shape index (κ1) is 14.9. The van der Waals surface area contributed by atoms with Crippen molar-refractivity contribution in [3.8, 4) is 0 Å². The number of hydrogen-bond donors (Lipinski definition) is 2. The van der Waals surface area contributed by atoms with Crippen LogP contribution in [0.3, 0.4) is 0 Å². The second-order valence-corrected chi connectivity index (χ2v) is 6.00. The number of hydrogen-bond acceptors (Lipinski definition) is 4. The third-order valence-electron chi connectivity index (χ3n) is 2.29. The third kappa shape index (κ3) is 3.13. The Morgan fingerprint density at radius 1 is 1.20 bits per heavy atom. The lowest BCUT2D eigenvalue weighted by atomic mass is 10.3. The van der Waals surface area contributed by atoms with Crippen molar-refractivity contribution in [3.05, 3.63) is 46.1 Å². The second-order valence-electron chi connectivity index (χ2n) is 3.72. The molecule has 0 aliphatic heterocycles. The Morgan fingerprint density at radius 3 is 2.50 bits per heavy atom. The Labute approximate surface area is 124 Å². The van der Waals surface area contributed by atoms with E-state index in [0.717, 1.165) is 6.07 Å². The molecule has 1 heterocycles. The van der Waals surface area contributed by atoms with E-state index in [9.17, 15) is 13.2 Å². The van der Waals surface area contributed by atoms with Crippen LogP contribution in [-0.4, -0.2) is 14.3 Å². The lowest BCUT2D eigenvalue weighted by Gasteiger charge is -2.06. The topological polar surface area (TPSA) is 102 Å². The molecule has 20 heavy (non-hydrogen) atoms. The summed E-state index contributed by atoms with van der Waals surface area (Å²) in [6.45, 7) is 0. The molecule has 106 valence electrons. The number of rotatable bonds is 3. The average molecular weight is 335 g/mol. The van der Waals surface area contributed by atoms with Crippen LogP contribution in [-0.2, 0) is 10.0 Å². The van der Waals surface area contributed by atoms with Crippen molar-refractivity contribution in [3.63, 3.8) is 0 Å². The SMILES string of the molecule is NS(=O)(=O)c1ccc(C(=O)Nc2cccc(Cl)c2Cl)o1. The maximum Gasteiger partial charge on any atom is 0.291 e. The average Bonchev–Trinajstić information content (AvgIpc) is 2.84. The number of anilines is 1. The number of nitrogens with two attached hydrogens (primary N) is 1. The molecule has 3 N–H and O–H groups in total. The predicted molar refractivity (Wildman–Crippen MR) is 74.5 cm³/mol. The molecule has 0 radical (unpaired) electrons. The smallest absolute Gasteiger partial charge is 0.291 e. The number of furan rings is 1. The van der Waals surface area contributed by atoms with E-state index in [2.05, 4.69) is 5.32 Å². The maximum atomic E-state index is 11.9. The monoisotopic (exact) mass is 334 g/mol. The molecule has 0 fully saturated rings. The van der Waals surface area contributed by atoms with Crippen LogP contribution in [0.4, 0.5) is 5.69 Å². The summed E-state index contributed by atoms with van der Waals surface area (Å²) in [5, 5.41) is 7.26. The number of carbonyl (C=O) groups is 1. The highest BCUT2D eigenvalue weighted by atomic mass is 35.5. The lowest BCUT2D eigenvalue weighted by molar-refractivity contribution is 0.0991. The quantitative estimate of drug-likeness (QED) is 0.899. The van der Waals surface area contributed by atoms with Gasteiger partial charge in [0.25, 0.3) is 15.9 Å². The van der Waals surface area contributed by atoms with Gasteiger partial charge in [-0.2, -0.15) is 0 Å². The molecule has 0 aliphatic carbocycles.